The molecule has 0 bridgehead atoms. The molecule has 0 unspecified atom stereocenters. The van der Waals surface area contributed by atoms with Crippen LogP contribution in [0.25, 0.3) is 11.2 Å². The third kappa shape index (κ3) is 2.78. The Labute approximate surface area is 135 Å². The number of hydrogen-bond donors (Lipinski definition) is 0. The largest absolute Gasteiger partial charge is 0.307 e. The molecule has 4 nitrogen and oxygen atoms in total. The number of aromatic nitrogens is 3. The fourth-order valence-corrected chi connectivity index (χ4v) is 2.75. The Morgan fingerprint density at radius 1 is 1.33 bits per heavy atom. The second-order valence-electron chi connectivity index (χ2n) is 4.56. The molecule has 21 heavy (non-hydrogen) atoms. The minimum atomic E-state index is 0.311. The molecule has 0 radical (unpaired) electrons. The molecule has 0 fully saturated rings. The average molecular weight is 362 g/mol. The molecule has 104 valence electrons. The third-order valence-corrected chi connectivity index (χ3v) is 3.82. The zero-order valence-electron chi connectivity index (χ0n) is 10.9. The van der Waals surface area contributed by atoms with Crippen LogP contribution in [0.15, 0.2) is 41.0 Å². The van der Waals surface area contributed by atoms with Crippen LogP contribution in [0.2, 0.25) is 0 Å². The van der Waals surface area contributed by atoms with E-state index in [2.05, 4.69) is 32.0 Å². The minimum Gasteiger partial charge on any atom is -0.307 e. The summed E-state index contributed by atoms with van der Waals surface area (Å²) in [5.74, 6) is 1.07. The molecule has 0 aliphatic carbocycles. The maximum Gasteiger partial charge on any atom is 0.160 e. The van der Waals surface area contributed by atoms with Crippen molar-refractivity contribution in [1.82, 2.24) is 14.5 Å². The monoisotopic (exact) mass is 360 g/mol. The van der Waals surface area contributed by atoms with Crippen LogP contribution in [0.3, 0.4) is 0 Å². The van der Waals surface area contributed by atoms with Crippen LogP contribution in [0.5, 0.6) is 0 Å². The number of benzene rings is 1. The first kappa shape index (κ1) is 14.1. The van der Waals surface area contributed by atoms with Crippen LogP contribution in [0, 0.1) is 11.3 Å². The van der Waals surface area contributed by atoms with Gasteiger partial charge in [-0.3, -0.25) is 0 Å². The number of pyridine rings is 1. The molecule has 0 spiro atoms. The summed E-state index contributed by atoms with van der Waals surface area (Å²) in [4.78, 5) is 8.92. The van der Waals surface area contributed by atoms with E-state index in [9.17, 15) is 0 Å². The van der Waals surface area contributed by atoms with Crippen LogP contribution in [-0.2, 0) is 12.4 Å². The number of imidazole rings is 1. The summed E-state index contributed by atoms with van der Waals surface area (Å²) < 4.78 is 2.86. The van der Waals surface area contributed by atoms with Gasteiger partial charge in [0, 0.05) is 10.7 Å². The fourth-order valence-electron chi connectivity index (χ4n) is 2.22. The lowest BCUT2D eigenvalue weighted by Crippen LogP contribution is -2.04. The molecule has 6 heteroatoms. The SMILES string of the molecule is N#Cc1cccc(Cn2c(CCl)nc3cc(Br)cnc32)c1. The summed E-state index contributed by atoms with van der Waals surface area (Å²) in [5.41, 5.74) is 3.25. The number of nitriles is 1. The summed E-state index contributed by atoms with van der Waals surface area (Å²) >= 11 is 9.39. The fraction of sp³-hybridized carbons (Fsp3) is 0.133. The van der Waals surface area contributed by atoms with Gasteiger partial charge in [0.15, 0.2) is 5.65 Å². The van der Waals surface area contributed by atoms with Gasteiger partial charge in [-0.1, -0.05) is 12.1 Å². The van der Waals surface area contributed by atoms with Crippen molar-refractivity contribution >= 4 is 38.7 Å². The number of rotatable bonds is 3. The lowest BCUT2D eigenvalue weighted by molar-refractivity contribution is 0.770. The molecular weight excluding hydrogens is 352 g/mol. The van der Waals surface area contributed by atoms with E-state index in [1.54, 1.807) is 12.3 Å². The molecule has 0 atom stereocenters. The van der Waals surface area contributed by atoms with E-state index >= 15 is 0 Å². The summed E-state index contributed by atoms with van der Waals surface area (Å²) in [6.45, 7) is 0.586. The Bertz CT molecular complexity index is 850. The zero-order chi connectivity index (χ0) is 14.8. The van der Waals surface area contributed by atoms with Gasteiger partial charge in [0.1, 0.15) is 11.3 Å². The average Bonchev–Trinajstić information content (AvgIpc) is 2.84. The molecule has 1 aromatic carbocycles. The maximum atomic E-state index is 8.98. The van der Waals surface area contributed by atoms with Crippen LogP contribution in [0.4, 0.5) is 0 Å². The first-order chi connectivity index (χ1) is 10.2. The molecule has 2 aromatic heterocycles. The van der Waals surface area contributed by atoms with Gasteiger partial charge in [0.05, 0.1) is 24.1 Å². The predicted molar refractivity (Wildman–Crippen MR) is 85.0 cm³/mol. The molecule has 0 aliphatic heterocycles. The van der Waals surface area contributed by atoms with Gasteiger partial charge in [-0.25, -0.2) is 9.97 Å². The number of nitrogens with zero attached hydrogens (tertiary/aromatic N) is 4. The lowest BCUT2D eigenvalue weighted by atomic mass is 10.1. The standard InChI is InChI=1S/C15H10BrClN4/c16-12-5-13-15(19-8-12)21(14(6-17)20-13)9-11-3-1-2-10(4-11)7-18/h1-5,8H,6,9H2. The van der Waals surface area contributed by atoms with E-state index in [0.29, 0.717) is 18.0 Å². The second kappa shape index (κ2) is 5.84. The van der Waals surface area contributed by atoms with Crippen molar-refractivity contribution in [1.29, 1.82) is 5.26 Å². The summed E-state index contributed by atoms with van der Waals surface area (Å²) in [5, 5.41) is 8.98. The number of hydrogen-bond acceptors (Lipinski definition) is 3. The maximum absolute atomic E-state index is 8.98. The summed E-state index contributed by atoms with van der Waals surface area (Å²) in [6, 6.07) is 11.6. The van der Waals surface area contributed by atoms with E-state index in [1.165, 1.54) is 0 Å². The van der Waals surface area contributed by atoms with E-state index in [0.717, 1.165) is 27.0 Å². The second-order valence-corrected chi connectivity index (χ2v) is 5.74. The first-order valence-corrected chi connectivity index (χ1v) is 7.59. The summed E-state index contributed by atoms with van der Waals surface area (Å²) in [7, 11) is 0. The van der Waals surface area contributed by atoms with Crippen LogP contribution in [-0.4, -0.2) is 14.5 Å². The van der Waals surface area contributed by atoms with Crippen LogP contribution >= 0.6 is 27.5 Å². The lowest BCUT2D eigenvalue weighted by Gasteiger charge is -2.07. The molecular formula is C15H10BrClN4. The highest BCUT2D eigenvalue weighted by atomic mass is 79.9. The van der Waals surface area contributed by atoms with Gasteiger partial charge in [-0.2, -0.15) is 5.26 Å². The highest BCUT2D eigenvalue weighted by Gasteiger charge is 2.12. The van der Waals surface area contributed by atoms with Crippen molar-refractivity contribution in [3.05, 3.63) is 58.0 Å². The molecule has 0 saturated heterocycles. The van der Waals surface area contributed by atoms with Crippen molar-refractivity contribution in [2.24, 2.45) is 0 Å². The number of halogens is 2. The highest BCUT2D eigenvalue weighted by Crippen LogP contribution is 2.21. The topological polar surface area (TPSA) is 54.5 Å². The predicted octanol–water partition coefficient (Wildman–Crippen LogP) is 3.85. The van der Waals surface area contributed by atoms with Gasteiger partial charge in [0.25, 0.3) is 0 Å². The normalized spacial score (nSPS) is 10.7. The Kier molecular flexibility index (Phi) is 3.91. The quantitative estimate of drug-likeness (QED) is 0.666. The van der Waals surface area contributed by atoms with Crippen molar-refractivity contribution in [3.63, 3.8) is 0 Å². The number of fused-ring (bicyclic) bond motifs is 1. The third-order valence-electron chi connectivity index (χ3n) is 3.15. The summed E-state index contributed by atoms with van der Waals surface area (Å²) in [6.07, 6.45) is 1.74. The Balaban J connectivity index is 2.08. The highest BCUT2D eigenvalue weighted by molar-refractivity contribution is 9.10. The van der Waals surface area contributed by atoms with Crippen molar-refractivity contribution in [2.75, 3.05) is 0 Å². The van der Waals surface area contributed by atoms with E-state index in [1.807, 2.05) is 28.8 Å². The van der Waals surface area contributed by atoms with E-state index in [-0.39, 0.29) is 0 Å². The molecule has 0 saturated carbocycles. The van der Waals surface area contributed by atoms with Crippen LogP contribution < -0.4 is 0 Å². The Morgan fingerprint density at radius 2 is 2.19 bits per heavy atom. The van der Waals surface area contributed by atoms with E-state index < -0.39 is 0 Å². The Hall–Kier alpha value is -1.90. The van der Waals surface area contributed by atoms with Gasteiger partial charge in [-0.05, 0) is 39.7 Å². The zero-order valence-corrected chi connectivity index (χ0v) is 13.3. The van der Waals surface area contributed by atoms with Crippen molar-refractivity contribution in [3.8, 4) is 6.07 Å². The molecule has 0 aliphatic rings. The first-order valence-electron chi connectivity index (χ1n) is 6.27. The van der Waals surface area contributed by atoms with Gasteiger partial charge in [0.2, 0.25) is 0 Å². The molecule has 3 aromatic rings. The van der Waals surface area contributed by atoms with Crippen molar-refractivity contribution in [2.45, 2.75) is 12.4 Å². The van der Waals surface area contributed by atoms with Gasteiger partial charge >= 0.3 is 0 Å². The smallest absolute Gasteiger partial charge is 0.160 e. The van der Waals surface area contributed by atoms with Gasteiger partial charge in [-0.15, -0.1) is 11.6 Å². The molecule has 0 N–H and O–H groups in total. The van der Waals surface area contributed by atoms with E-state index in [4.69, 9.17) is 16.9 Å². The van der Waals surface area contributed by atoms with Crippen LogP contribution in [0.1, 0.15) is 17.0 Å². The molecule has 3 rings (SSSR count). The number of alkyl halides is 1. The molecule has 0 amide bonds. The Morgan fingerprint density at radius 3 is 2.95 bits per heavy atom. The molecule has 2 heterocycles. The van der Waals surface area contributed by atoms with Gasteiger partial charge < -0.3 is 4.57 Å². The minimum absolute atomic E-state index is 0.311. The van der Waals surface area contributed by atoms with Crippen molar-refractivity contribution < 1.29 is 0 Å².